The molecule has 1 aromatic heterocycles. The van der Waals surface area contributed by atoms with Crippen molar-refractivity contribution < 1.29 is 33.3 Å². The Morgan fingerprint density at radius 1 is 0.927 bits per heavy atom. The summed E-state index contributed by atoms with van der Waals surface area (Å²) in [6, 6.07) is 15.3. The van der Waals surface area contributed by atoms with Crippen molar-refractivity contribution in [3.63, 3.8) is 0 Å². The molecule has 0 bridgehead atoms. The Balaban J connectivity index is 1.25. The number of benzene rings is 2. The molecule has 12 nitrogen and oxygen atoms in total. The summed E-state index contributed by atoms with van der Waals surface area (Å²) in [4.78, 5) is 67.3. The maximum absolute atomic E-state index is 13.6. The van der Waals surface area contributed by atoms with Gasteiger partial charge in [-0.05, 0) is 31.5 Å². The van der Waals surface area contributed by atoms with E-state index in [2.05, 4.69) is 4.98 Å². The fourth-order valence-corrected chi connectivity index (χ4v) is 5.51. The lowest BCUT2D eigenvalue weighted by Crippen LogP contribution is -2.47. The predicted octanol–water partition coefficient (Wildman–Crippen LogP) is 1.40. The largest absolute Gasteiger partial charge is 0.461 e. The highest BCUT2D eigenvalue weighted by Gasteiger charge is 2.56. The van der Waals surface area contributed by atoms with Crippen molar-refractivity contribution in [2.75, 3.05) is 6.61 Å². The summed E-state index contributed by atoms with van der Waals surface area (Å²) in [7, 11) is 0. The first-order valence-electron chi connectivity index (χ1n) is 13.1. The van der Waals surface area contributed by atoms with Crippen molar-refractivity contribution in [3.05, 3.63) is 104 Å². The van der Waals surface area contributed by atoms with Gasteiger partial charge in [-0.15, -0.1) is 0 Å². The lowest BCUT2D eigenvalue weighted by Gasteiger charge is -2.27. The van der Waals surface area contributed by atoms with E-state index >= 15 is 0 Å². The minimum atomic E-state index is -1.24. The van der Waals surface area contributed by atoms with E-state index in [0.29, 0.717) is 0 Å². The van der Waals surface area contributed by atoms with Gasteiger partial charge in [0.05, 0.1) is 11.1 Å². The lowest BCUT2D eigenvalue weighted by molar-refractivity contribution is -0.203. The van der Waals surface area contributed by atoms with E-state index in [0.717, 1.165) is 10.5 Å². The number of fused-ring (bicyclic) bond motifs is 2. The van der Waals surface area contributed by atoms with Crippen molar-refractivity contribution in [2.45, 2.75) is 56.6 Å². The van der Waals surface area contributed by atoms with Crippen LogP contribution in [-0.4, -0.2) is 69.0 Å². The highest BCUT2D eigenvalue weighted by atomic mass is 16.8. The van der Waals surface area contributed by atoms with E-state index < -0.39 is 65.4 Å². The van der Waals surface area contributed by atoms with Crippen LogP contribution in [0.25, 0.3) is 0 Å². The molecule has 5 unspecified atom stereocenters. The molecule has 2 fully saturated rings. The molecule has 0 spiro atoms. The number of nitrogens with one attached hydrogen (secondary N) is 1. The van der Waals surface area contributed by atoms with Gasteiger partial charge >= 0.3 is 11.7 Å². The first kappa shape index (κ1) is 26.8. The van der Waals surface area contributed by atoms with Gasteiger partial charge in [0.2, 0.25) is 0 Å². The van der Waals surface area contributed by atoms with Gasteiger partial charge in [0.15, 0.2) is 12.0 Å². The Kier molecular flexibility index (Phi) is 6.68. The average Bonchev–Trinajstić information content (AvgIpc) is 3.53. The molecule has 0 radical (unpaired) electrons. The van der Waals surface area contributed by atoms with Crippen LogP contribution in [0.1, 0.15) is 46.4 Å². The minimum absolute atomic E-state index is 0.0464. The summed E-state index contributed by atoms with van der Waals surface area (Å²) in [5, 5.41) is 0. The van der Waals surface area contributed by atoms with Crippen LogP contribution >= 0.6 is 0 Å². The van der Waals surface area contributed by atoms with E-state index in [-0.39, 0.29) is 24.2 Å². The molecule has 3 aromatic rings. The van der Waals surface area contributed by atoms with E-state index in [1.54, 1.807) is 62.4 Å². The number of hydrogen-bond acceptors (Lipinski definition) is 9. The smallest absolute Gasteiger partial charge is 0.330 e. The number of aromatic nitrogens is 2. The number of rotatable bonds is 7. The van der Waals surface area contributed by atoms with Crippen LogP contribution in [0, 0.1) is 0 Å². The zero-order valence-corrected chi connectivity index (χ0v) is 22.2. The molecule has 1 N–H and O–H groups in total. The molecule has 3 aliphatic heterocycles. The van der Waals surface area contributed by atoms with Gasteiger partial charge in [-0.3, -0.25) is 28.8 Å². The van der Waals surface area contributed by atoms with E-state index in [1.165, 1.54) is 16.8 Å². The van der Waals surface area contributed by atoms with Gasteiger partial charge in [0, 0.05) is 18.7 Å². The van der Waals surface area contributed by atoms with Gasteiger partial charge in [0.1, 0.15) is 31.0 Å². The molecule has 5 atom stereocenters. The van der Waals surface area contributed by atoms with Crippen LogP contribution in [0.5, 0.6) is 0 Å². The molecule has 6 rings (SSSR count). The highest BCUT2D eigenvalue weighted by Crippen LogP contribution is 2.42. The van der Waals surface area contributed by atoms with Gasteiger partial charge in [0.25, 0.3) is 17.4 Å². The van der Waals surface area contributed by atoms with Crippen molar-refractivity contribution in [3.8, 4) is 0 Å². The molecule has 41 heavy (non-hydrogen) atoms. The number of aromatic amines is 1. The third-order valence-corrected chi connectivity index (χ3v) is 7.32. The topological polar surface area (TPSA) is 146 Å². The summed E-state index contributed by atoms with van der Waals surface area (Å²) >= 11 is 0. The Hall–Kier alpha value is -4.39. The summed E-state index contributed by atoms with van der Waals surface area (Å²) < 4.78 is 24.9. The second-order valence-electron chi connectivity index (χ2n) is 10.5. The molecule has 2 saturated heterocycles. The van der Waals surface area contributed by atoms with E-state index in [4.69, 9.17) is 18.9 Å². The monoisotopic (exact) mass is 561 g/mol. The molecule has 2 aromatic carbocycles. The molecule has 0 saturated carbocycles. The first-order valence-corrected chi connectivity index (χ1v) is 13.1. The summed E-state index contributed by atoms with van der Waals surface area (Å²) in [6.07, 6.45) is -1.93. The first-order chi connectivity index (χ1) is 19.6. The molecule has 12 heteroatoms. The normalized spacial score (nSPS) is 25.2. The molecule has 212 valence electrons. The number of hydrogen-bond donors (Lipinski definition) is 1. The van der Waals surface area contributed by atoms with Crippen molar-refractivity contribution >= 4 is 17.8 Å². The Labute approximate surface area is 233 Å². The zero-order chi connectivity index (χ0) is 28.9. The number of H-pyrrole nitrogens is 1. The maximum atomic E-state index is 13.6. The fourth-order valence-electron chi connectivity index (χ4n) is 5.51. The Bertz CT molecular complexity index is 1590. The number of esters is 1. The fraction of sp³-hybridized carbons (Fsp3) is 0.345. The second kappa shape index (κ2) is 10.2. The lowest BCUT2D eigenvalue weighted by atomic mass is 10.0. The zero-order valence-electron chi connectivity index (χ0n) is 22.2. The van der Waals surface area contributed by atoms with Crippen LogP contribution in [0.4, 0.5) is 0 Å². The molecular formula is C29H27N3O9. The van der Waals surface area contributed by atoms with Crippen LogP contribution in [0.2, 0.25) is 0 Å². The van der Waals surface area contributed by atoms with Gasteiger partial charge in [-0.2, -0.15) is 0 Å². The van der Waals surface area contributed by atoms with Gasteiger partial charge in [-0.25, -0.2) is 9.59 Å². The standard InChI is InChI=1S/C29H27N3O9/c1-29(2)40-22-20(39-26(23(22)41-29)31-13-12-21(33)30-28(31)37)15-38-27(36)19(14-16-8-4-3-5-9-16)32-24(34)17-10-6-7-11-18(17)25(32)35/h3-13,19-20,22-23,26H,14-15H2,1-2H3,(H,30,33,37). The number of amides is 2. The third kappa shape index (κ3) is 4.90. The second-order valence-corrected chi connectivity index (χ2v) is 10.5. The summed E-state index contributed by atoms with van der Waals surface area (Å²) in [6.45, 7) is 3.11. The SMILES string of the molecule is CC1(C)OC2C(COC(=O)C(Cc3ccccc3)N3C(=O)c4ccccc4C3=O)OC(n3ccc(=O)[nH]c3=O)C2O1. The number of carbonyl (C=O) groups is 3. The molecule has 3 aliphatic rings. The molecule has 0 aliphatic carbocycles. The number of nitrogens with zero attached hydrogens (tertiary/aromatic N) is 2. The average molecular weight is 562 g/mol. The van der Waals surface area contributed by atoms with Crippen LogP contribution in [0.3, 0.4) is 0 Å². The van der Waals surface area contributed by atoms with Crippen LogP contribution in [0.15, 0.2) is 76.4 Å². The van der Waals surface area contributed by atoms with Gasteiger partial charge < -0.3 is 18.9 Å². The van der Waals surface area contributed by atoms with E-state index in [9.17, 15) is 24.0 Å². The number of carbonyl (C=O) groups excluding carboxylic acids is 3. The molecule has 2 amide bonds. The highest BCUT2D eigenvalue weighted by molar-refractivity contribution is 6.22. The van der Waals surface area contributed by atoms with Crippen molar-refractivity contribution in [2.24, 2.45) is 0 Å². The summed E-state index contributed by atoms with van der Waals surface area (Å²) in [5.41, 5.74) is -0.0833. The molecule has 4 heterocycles. The number of ether oxygens (including phenoxy) is 4. The third-order valence-electron chi connectivity index (χ3n) is 7.32. The van der Waals surface area contributed by atoms with E-state index in [1.807, 2.05) is 6.07 Å². The Morgan fingerprint density at radius 2 is 1.56 bits per heavy atom. The van der Waals surface area contributed by atoms with Crippen LogP contribution < -0.4 is 11.2 Å². The van der Waals surface area contributed by atoms with Crippen molar-refractivity contribution in [1.82, 2.24) is 14.5 Å². The van der Waals surface area contributed by atoms with Crippen molar-refractivity contribution in [1.29, 1.82) is 0 Å². The molecular weight excluding hydrogens is 534 g/mol. The van der Waals surface area contributed by atoms with Crippen LogP contribution in [-0.2, 0) is 30.2 Å². The Morgan fingerprint density at radius 3 is 2.22 bits per heavy atom. The number of imide groups is 1. The maximum Gasteiger partial charge on any atom is 0.330 e. The quantitative estimate of drug-likeness (QED) is 0.334. The summed E-state index contributed by atoms with van der Waals surface area (Å²) in [5.74, 6) is -2.97. The minimum Gasteiger partial charge on any atom is -0.461 e. The van der Waals surface area contributed by atoms with Gasteiger partial charge in [-0.1, -0.05) is 42.5 Å². The predicted molar refractivity (Wildman–Crippen MR) is 141 cm³/mol.